The van der Waals surface area contributed by atoms with E-state index in [9.17, 15) is 14.4 Å². The molecule has 0 saturated carbocycles. The lowest BCUT2D eigenvalue weighted by Gasteiger charge is -2.12. The summed E-state index contributed by atoms with van der Waals surface area (Å²) in [5, 5.41) is 5.68. The third kappa shape index (κ3) is 3.92. The number of nitrogens with one attached hydrogen (secondary N) is 2. The molecule has 2 aromatic heterocycles. The molecule has 2 N–H and O–H groups in total. The van der Waals surface area contributed by atoms with Crippen LogP contribution in [0.4, 0.5) is 11.4 Å². The van der Waals surface area contributed by atoms with Gasteiger partial charge in [-0.25, -0.2) is 4.79 Å². The zero-order chi connectivity index (χ0) is 20.4. The van der Waals surface area contributed by atoms with Crippen molar-refractivity contribution in [1.29, 1.82) is 0 Å². The highest BCUT2D eigenvalue weighted by Crippen LogP contribution is 2.26. The maximum absolute atomic E-state index is 12.6. The zero-order valence-electron chi connectivity index (χ0n) is 14.8. The highest BCUT2D eigenvalue weighted by atomic mass is 35.5. The molecule has 0 unspecified atom stereocenters. The Kier molecular flexibility index (Phi) is 4.92. The number of benzene rings is 2. The third-order valence-electron chi connectivity index (χ3n) is 4.12. The van der Waals surface area contributed by atoms with Gasteiger partial charge in [0.25, 0.3) is 5.91 Å². The minimum Gasteiger partial charge on any atom is -0.459 e. The summed E-state index contributed by atoms with van der Waals surface area (Å²) in [4.78, 5) is 36.9. The predicted octanol–water partition coefficient (Wildman–Crippen LogP) is 3.73. The number of carbonyl (C=O) groups is 2. The molecule has 4 aromatic rings. The molecule has 0 aliphatic carbocycles. The molecule has 0 atom stereocenters. The largest absolute Gasteiger partial charge is 0.459 e. The lowest BCUT2D eigenvalue weighted by atomic mass is 10.2. The molecule has 0 saturated heterocycles. The smallest absolute Gasteiger partial charge is 0.420 e. The summed E-state index contributed by atoms with van der Waals surface area (Å²) in [6.45, 7) is -0.260. The van der Waals surface area contributed by atoms with E-state index in [-0.39, 0.29) is 18.0 Å². The topological polar surface area (TPSA) is 106 Å². The van der Waals surface area contributed by atoms with Crippen LogP contribution in [0.2, 0.25) is 5.02 Å². The van der Waals surface area contributed by atoms with Gasteiger partial charge in [-0.1, -0.05) is 23.7 Å². The summed E-state index contributed by atoms with van der Waals surface area (Å²) in [7, 11) is 0. The van der Waals surface area contributed by atoms with Gasteiger partial charge in [0.15, 0.2) is 11.3 Å². The Morgan fingerprint density at radius 2 is 1.83 bits per heavy atom. The van der Waals surface area contributed by atoms with Crippen LogP contribution in [-0.2, 0) is 11.3 Å². The molecule has 29 heavy (non-hydrogen) atoms. The number of nitrogens with zero attached hydrogens (tertiary/aromatic N) is 1. The quantitative estimate of drug-likeness (QED) is 0.520. The van der Waals surface area contributed by atoms with E-state index >= 15 is 0 Å². The van der Waals surface area contributed by atoms with Crippen molar-refractivity contribution in [1.82, 2.24) is 4.57 Å². The Labute approximate surface area is 168 Å². The van der Waals surface area contributed by atoms with Gasteiger partial charge in [-0.3, -0.25) is 14.2 Å². The highest BCUT2D eigenvalue weighted by molar-refractivity contribution is 6.31. The number of rotatable bonds is 5. The number of aromatic nitrogens is 1. The number of carbonyl (C=O) groups excluding carboxylic acids is 2. The summed E-state index contributed by atoms with van der Waals surface area (Å²) in [6.07, 6.45) is 1.38. The van der Waals surface area contributed by atoms with Gasteiger partial charge in [0.2, 0.25) is 5.91 Å². The van der Waals surface area contributed by atoms with E-state index in [4.69, 9.17) is 20.4 Å². The van der Waals surface area contributed by atoms with Gasteiger partial charge in [-0.15, -0.1) is 0 Å². The van der Waals surface area contributed by atoms with Crippen LogP contribution >= 0.6 is 11.6 Å². The molecule has 2 amide bonds. The number of hydrogen-bond acceptors (Lipinski definition) is 5. The van der Waals surface area contributed by atoms with Gasteiger partial charge in [0.1, 0.15) is 6.54 Å². The molecule has 0 bridgehead atoms. The van der Waals surface area contributed by atoms with Crippen molar-refractivity contribution >= 4 is 45.9 Å². The second kappa shape index (κ2) is 7.69. The van der Waals surface area contributed by atoms with E-state index in [2.05, 4.69) is 10.6 Å². The summed E-state index contributed by atoms with van der Waals surface area (Å²) in [5.74, 6) is -1.50. The Morgan fingerprint density at radius 3 is 2.62 bits per heavy atom. The van der Waals surface area contributed by atoms with Gasteiger partial charge < -0.3 is 19.5 Å². The molecular formula is C20H14ClN3O5. The molecule has 8 nitrogen and oxygen atoms in total. The SMILES string of the molecule is O=C(Cn1c(=O)oc2ccccc21)Nc1ccc(Cl)cc1NC(=O)c1ccco1. The normalized spacial score (nSPS) is 10.8. The first-order valence-corrected chi connectivity index (χ1v) is 8.92. The van der Waals surface area contributed by atoms with Gasteiger partial charge in [-0.2, -0.15) is 0 Å². The summed E-state index contributed by atoms with van der Waals surface area (Å²) in [5.41, 5.74) is 1.51. The number of furan rings is 1. The molecule has 0 spiro atoms. The van der Waals surface area contributed by atoms with Crippen molar-refractivity contribution < 1.29 is 18.4 Å². The van der Waals surface area contributed by atoms with Gasteiger partial charge in [-0.05, 0) is 42.5 Å². The Hall–Kier alpha value is -3.78. The van der Waals surface area contributed by atoms with Crippen molar-refractivity contribution in [3.05, 3.63) is 82.2 Å². The van der Waals surface area contributed by atoms with Crippen LogP contribution in [0.5, 0.6) is 0 Å². The van der Waals surface area contributed by atoms with E-state index in [0.29, 0.717) is 21.8 Å². The molecule has 0 aliphatic rings. The second-order valence-corrected chi connectivity index (χ2v) is 6.53. The fraction of sp³-hybridized carbons (Fsp3) is 0.0500. The summed E-state index contributed by atoms with van der Waals surface area (Å²) in [6, 6.07) is 14.5. The second-order valence-electron chi connectivity index (χ2n) is 6.09. The van der Waals surface area contributed by atoms with Crippen molar-refractivity contribution in [2.75, 3.05) is 10.6 Å². The van der Waals surface area contributed by atoms with E-state index in [1.807, 2.05) is 0 Å². The Balaban J connectivity index is 1.56. The van der Waals surface area contributed by atoms with Gasteiger partial charge in [0.05, 0.1) is 23.2 Å². The molecular weight excluding hydrogens is 398 g/mol. The van der Waals surface area contributed by atoms with Gasteiger partial charge >= 0.3 is 5.76 Å². The standard InChI is InChI=1S/C20H14ClN3O5/c21-12-7-8-13(14(10-12)23-19(26)17-6-3-9-28-17)22-18(25)11-24-15-4-1-2-5-16(15)29-20(24)27/h1-10H,11H2,(H,22,25)(H,23,26). The number of anilines is 2. The molecule has 9 heteroatoms. The van der Waals surface area contributed by atoms with E-state index < -0.39 is 17.6 Å². The zero-order valence-corrected chi connectivity index (χ0v) is 15.6. The van der Waals surface area contributed by atoms with Crippen molar-refractivity contribution in [2.24, 2.45) is 0 Å². The maximum Gasteiger partial charge on any atom is 0.420 e. The van der Waals surface area contributed by atoms with Crippen LogP contribution in [0, 0.1) is 0 Å². The van der Waals surface area contributed by atoms with Crippen LogP contribution in [0.3, 0.4) is 0 Å². The van der Waals surface area contributed by atoms with E-state index in [1.54, 1.807) is 42.5 Å². The minimum atomic E-state index is -0.635. The lowest BCUT2D eigenvalue weighted by molar-refractivity contribution is -0.116. The summed E-state index contributed by atoms with van der Waals surface area (Å²) >= 11 is 6.02. The number of fused-ring (bicyclic) bond motifs is 1. The number of hydrogen-bond donors (Lipinski definition) is 2. The molecule has 2 heterocycles. The third-order valence-corrected chi connectivity index (χ3v) is 4.36. The van der Waals surface area contributed by atoms with Crippen molar-refractivity contribution in [2.45, 2.75) is 6.54 Å². The monoisotopic (exact) mass is 411 g/mol. The summed E-state index contributed by atoms with van der Waals surface area (Å²) < 4.78 is 11.4. The molecule has 0 aliphatic heterocycles. The van der Waals surface area contributed by atoms with Gasteiger partial charge in [0, 0.05) is 5.02 Å². The molecule has 0 radical (unpaired) electrons. The van der Waals surface area contributed by atoms with Crippen molar-refractivity contribution in [3.8, 4) is 0 Å². The van der Waals surface area contributed by atoms with Crippen LogP contribution in [0.1, 0.15) is 10.6 Å². The van der Waals surface area contributed by atoms with Crippen molar-refractivity contribution in [3.63, 3.8) is 0 Å². The molecule has 0 fully saturated rings. The maximum atomic E-state index is 12.6. The first-order chi connectivity index (χ1) is 14.0. The molecule has 4 rings (SSSR count). The number of oxazole rings is 1. The Morgan fingerprint density at radius 1 is 1.00 bits per heavy atom. The average molecular weight is 412 g/mol. The van der Waals surface area contributed by atoms with Crippen LogP contribution in [0.25, 0.3) is 11.1 Å². The fourth-order valence-corrected chi connectivity index (χ4v) is 2.99. The molecule has 146 valence electrons. The van der Waals surface area contributed by atoms with E-state index in [1.165, 1.54) is 23.0 Å². The van der Waals surface area contributed by atoms with Crippen LogP contribution in [0.15, 0.2) is 74.5 Å². The number of halogens is 1. The fourth-order valence-electron chi connectivity index (χ4n) is 2.82. The lowest BCUT2D eigenvalue weighted by Crippen LogP contribution is -2.25. The number of amides is 2. The van der Waals surface area contributed by atoms with E-state index in [0.717, 1.165) is 0 Å². The number of para-hydroxylation sites is 2. The minimum absolute atomic E-state index is 0.110. The Bertz CT molecular complexity index is 1260. The average Bonchev–Trinajstić information content (AvgIpc) is 3.33. The van der Waals surface area contributed by atoms with Crippen LogP contribution < -0.4 is 16.4 Å². The molecule has 2 aromatic carbocycles. The first kappa shape index (κ1) is 18.6. The predicted molar refractivity (Wildman–Crippen MR) is 107 cm³/mol. The van der Waals surface area contributed by atoms with Crippen LogP contribution in [-0.4, -0.2) is 16.4 Å². The highest BCUT2D eigenvalue weighted by Gasteiger charge is 2.16. The first-order valence-electron chi connectivity index (χ1n) is 8.54.